The molecule has 0 radical (unpaired) electrons. The van der Waals surface area contributed by atoms with E-state index in [0.29, 0.717) is 0 Å². The van der Waals surface area contributed by atoms with Gasteiger partial charge in [-0.05, 0) is 0 Å². The van der Waals surface area contributed by atoms with Gasteiger partial charge in [-0.15, -0.1) is 13.2 Å². The molecule has 0 aliphatic carbocycles. The molecule has 0 bridgehead atoms. The normalized spacial score (nSPS) is 4.62. The maximum atomic E-state index is 8.93. The van der Waals surface area contributed by atoms with E-state index < -0.39 is 6.16 Å². The summed E-state index contributed by atoms with van der Waals surface area (Å²) >= 11 is 0. The van der Waals surface area contributed by atoms with Crippen LogP contribution in [0.1, 0.15) is 13.8 Å². The molecule has 0 fully saturated rings. The van der Waals surface area contributed by atoms with E-state index in [-0.39, 0.29) is 31.7 Å². The van der Waals surface area contributed by atoms with Crippen LogP contribution in [0.4, 0.5) is 4.79 Å². The minimum absolute atomic E-state index is 0. The van der Waals surface area contributed by atoms with Crippen molar-refractivity contribution in [3.63, 3.8) is 0 Å². The molecule has 0 aromatic rings. The van der Waals surface area contributed by atoms with Gasteiger partial charge < -0.3 is 43.7 Å². The Labute approximate surface area is 78.0 Å². The monoisotopic (exact) mass is 205 g/mol. The molecule has 0 aromatic heterocycles. The number of carboxylic acid groups (broad SMARTS) is 2. The van der Waals surface area contributed by atoms with Crippen molar-refractivity contribution in [3.8, 4) is 0 Å². The van der Waals surface area contributed by atoms with Crippen LogP contribution in [0, 0.1) is 0 Å². The zero-order chi connectivity index (χ0) is 8.99. The van der Waals surface area contributed by atoms with Crippen molar-refractivity contribution in [1.29, 1.82) is 0 Å². The van der Waals surface area contributed by atoms with Crippen LogP contribution < -0.4 is 33.8 Å². The van der Waals surface area contributed by atoms with Crippen molar-refractivity contribution in [3.05, 3.63) is 0 Å². The second-order valence-electron chi connectivity index (χ2n) is 0.843. The van der Waals surface area contributed by atoms with Gasteiger partial charge in [-0.1, -0.05) is 13.8 Å². The van der Waals surface area contributed by atoms with Crippen molar-refractivity contribution in [2.24, 2.45) is 0 Å². The molecule has 13 N–H and O–H groups in total. The zero-order valence-electron chi connectivity index (χ0n) is 8.99. The molecule has 0 saturated heterocycles. The van der Waals surface area contributed by atoms with Gasteiger partial charge in [0.05, 0.1) is 0 Å². The highest BCUT2D eigenvalue weighted by Gasteiger charge is 1.51. The molecule has 88 valence electrons. The Morgan fingerprint density at radius 3 is 1.08 bits per heavy atom. The van der Waals surface area contributed by atoms with Gasteiger partial charge in [0, 0.05) is 0 Å². The molecule has 0 unspecified atom stereocenters. The largest absolute Gasteiger partial charge is 0.855 e. The number of carbonyl (C=O) groups is 1. The third kappa shape index (κ3) is 1050. The van der Waals surface area contributed by atoms with E-state index in [4.69, 9.17) is 25.2 Å². The molecule has 13 heavy (non-hydrogen) atoms. The third-order valence-corrected chi connectivity index (χ3v) is 0. The van der Waals surface area contributed by atoms with E-state index in [2.05, 4.69) is 0 Å². The topological polar surface area (TPSA) is 216 Å². The Hall–Kier alpha value is -0.930. The van der Waals surface area contributed by atoms with Gasteiger partial charge in [-0.3, -0.25) is 0 Å². The number of rotatable bonds is 0. The summed E-state index contributed by atoms with van der Waals surface area (Å²) in [4.78, 5) is 8.44. The van der Waals surface area contributed by atoms with Crippen LogP contribution in [0.25, 0.3) is 0 Å². The molecule has 0 amide bonds. The highest BCUT2D eigenvalue weighted by atomic mass is 16.6. The lowest BCUT2D eigenvalue weighted by Gasteiger charge is -1.79. The minimum atomic E-state index is -2.08. The fourth-order valence-corrected chi connectivity index (χ4v) is 0. The molecule has 8 heteroatoms. The Bertz CT molecular complexity index is 58.1. The molecule has 0 aliphatic heterocycles. The zero-order valence-corrected chi connectivity index (χ0v) is 8.99. The summed E-state index contributed by atoms with van der Waals surface area (Å²) in [6, 6.07) is 0. The lowest BCUT2D eigenvalue weighted by molar-refractivity contribution is -0.362. The first-order valence-electron chi connectivity index (χ1n) is 2.62. The first kappa shape index (κ1) is 40.1. The molecule has 8 nitrogen and oxygen atoms in total. The lowest BCUT2D eigenvalue weighted by Crippen LogP contribution is -2.17. The highest BCUT2D eigenvalue weighted by Crippen LogP contribution is 1.32. The van der Waals surface area contributed by atoms with Crippen LogP contribution in [0.3, 0.4) is 0 Å². The quantitative estimate of drug-likeness (QED) is 0.379. The van der Waals surface area contributed by atoms with E-state index in [0.717, 1.165) is 0 Å². The average Bonchev–Trinajstić information content (AvgIpc) is 1.65. The van der Waals surface area contributed by atoms with Gasteiger partial charge in [-0.25, -0.2) is 0 Å². The summed E-state index contributed by atoms with van der Waals surface area (Å²) in [6.45, 7) is 3.14. The molecular formula is C5H23N3O5. The molecule has 0 saturated carbocycles. The van der Waals surface area contributed by atoms with Gasteiger partial charge >= 0.3 is 0 Å². The minimum Gasteiger partial charge on any atom is -0.855 e. The molecule has 0 rings (SSSR count). The van der Waals surface area contributed by atoms with Crippen LogP contribution >= 0.6 is 0 Å². The van der Waals surface area contributed by atoms with Crippen LogP contribution in [-0.2, 0) is 0 Å². The van der Waals surface area contributed by atoms with Crippen LogP contribution in [0.5, 0.6) is 0 Å². The van der Waals surface area contributed by atoms with E-state index >= 15 is 0 Å². The average molecular weight is 205 g/mol. The SMILES string of the molecule is CC[O-].CC[O-].O=C([O-])O.[NH4+].[NH4+].[NH4+]. The summed E-state index contributed by atoms with van der Waals surface area (Å²) < 4.78 is 0. The van der Waals surface area contributed by atoms with Crippen LogP contribution in [0.2, 0.25) is 0 Å². The second kappa shape index (κ2) is 67.8. The summed E-state index contributed by atoms with van der Waals surface area (Å²) in [7, 11) is 0. The number of hydrogen-bond acceptors (Lipinski definition) is 4. The summed E-state index contributed by atoms with van der Waals surface area (Å²) in [5, 5.41) is 33.2. The van der Waals surface area contributed by atoms with Crippen molar-refractivity contribution in [2.45, 2.75) is 13.8 Å². The first-order chi connectivity index (χ1) is 4.56. The number of hydrogen-bond donors (Lipinski definition) is 4. The van der Waals surface area contributed by atoms with E-state index in [1.165, 1.54) is 0 Å². The third-order valence-electron chi connectivity index (χ3n) is 0. The molecule has 0 heterocycles. The molecule has 0 aromatic carbocycles. The van der Waals surface area contributed by atoms with Crippen molar-refractivity contribution >= 4 is 6.16 Å². The smallest absolute Gasteiger partial charge is 0.249 e. The summed E-state index contributed by atoms with van der Waals surface area (Å²) in [5.74, 6) is 0. The fraction of sp³-hybridized carbons (Fsp3) is 0.800. The number of quaternary nitrogens is 3. The standard InChI is InChI=1S/2C2H5O.CH2O3.3H3N/c2*1-2-3;2-1(3)4;;;/h2*2H2,1H3;(H2,2,3,4);3*1H3/q2*-1;;;;/p+2. The van der Waals surface area contributed by atoms with Crippen LogP contribution in [0.15, 0.2) is 0 Å². The van der Waals surface area contributed by atoms with Crippen LogP contribution in [-0.4, -0.2) is 24.5 Å². The highest BCUT2D eigenvalue weighted by molar-refractivity contribution is 5.50. The summed E-state index contributed by atoms with van der Waals surface area (Å²) in [6.07, 6.45) is -2.08. The maximum absolute atomic E-state index is 8.93. The Morgan fingerprint density at radius 2 is 1.08 bits per heavy atom. The van der Waals surface area contributed by atoms with Crippen molar-refractivity contribution < 1.29 is 25.2 Å². The van der Waals surface area contributed by atoms with Gasteiger partial charge in [0.15, 0.2) is 0 Å². The van der Waals surface area contributed by atoms with Gasteiger partial charge in [0.2, 0.25) is 6.16 Å². The first-order valence-corrected chi connectivity index (χ1v) is 2.62. The Balaban J connectivity index is -0.0000000128. The molecule has 0 aliphatic rings. The van der Waals surface area contributed by atoms with E-state index in [1.54, 1.807) is 13.8 Å². The Kier molecular flexibility index (Phi) is 209. The van der Waals surface area contributed by atoms with Crippen molar-refractivity contribution in [2.75, 3.05) is 13.2 Å². The van der Waals surface area contributed by atoms with Gasteiger partial charge in [-0.2, -0.15) is 0 Å². The summed E-state index contributed by atoms with van der Waals surface area (Å²) in [5.41, 5.74) is 0. The predicted octanol–water partition coefficient (Wildman–Crippen LogP) is -1.25. The van der Waals surface area contributed by atoms with Crippen molar-refractivity contribution in [1.82, 2.24) is 18.5 Å². The lowest BCUT2D eigenvalue weighted by atomic mass is 10.9. The molecular weight excluding hydrogens is 182 g/mol. The molecule has 0 atom stereocenters. The van der Waals surface area contributed by atoms with E-state index in [9.17, 15) is 0 Å². The second-order valence-corrected chi connectivity index (χ2v) is 0.843. The Morgan fingerprint density at radius 1 is 1.08 bits per heavy atom. The predicted molar refractivity (Wildman–Crippen MR) is 47.1 cm³/mol. The van der Waals surface area contributed by atoms with Gasteiger partial charge in [0.25, 0.3) is 0 Å². The fourth-order valence-electron chi connectivity index (χ4n) is 0. The maximum Gasteiger partial charge on any atom is 0.249 e. The van der Waals surface area contributed by atoms with Gasteiger partial charge in [0.1, 0.15) is 0 Å². The van der Waals surface area contributed by atoms with E-state index in [1.807, 2.05) is 0 Å². The molecule has 0 spiro atoms.